The van der Waals surface area contributed by atoms with E-state index in [1.54, 1.807) is 24.3 Å². The molecule has 2 N–H and O–H groups in total. The van der Waals surface area contributed by atoms with E-state index in [-0.39, 0.29) is 23.7 Å². The lowest BCUT2D eigenvalue weighted by Gasteiger charge is -2.30. The molecule has 0 saturated heterocycles. The van der Waals surface area contributed by atoms with E-state index in [4.69, 9.17) is 4.74 Å². The molecule has 1 aliphatic rings. The van der Waals surface area contributed by atoms with E-state index in [0.29, 0.717) is 11.4 Å². The highest BCUT2D eigenvalue weighted by Crippen LogP contribution is 2.29. The van der Waals surface area contributed by atoms with Crippen molar-refractivity contribution in [3.63, 3.8) is 0 Å². The fraction of sp³-hybridized carbons (Fsp3) is 0.211. The number of amides is 2. The molecule has 29 heavy (non-hydrogen) atoms. The Bertz CT molecular complexity index is 1080. The SMILES string of the molecule is CC(OC(=O)c1cccc(NS(C)(=O)=O)c1)C(=O)N1CC(=O)Nc2ccccc21. The number of fused-ring (bicyclic) bond motifs is 1. The summed E-state index contributed by atoms with van der Waals surface area (Å²) in [5, 5.41) is 2.68. The van der Waals surface area contributed by atoms with Crippen molar-refractivity contribution in [1.82, 2.24) is 0 Å². The molecule has 9 nitrogen and oxygen atoms in total. The monoisotopic (exact) mass is 417 g/mol. The maximum atomic E-state index is 12.8. The zero-order valence-electron chi connectivity index (χ0n) is 15.7. The number of ether oxygens (including phenoxy) is 1. The highest BCUT2D eigenvalue weighted by Gasteiger charge is 2.31. The predicted molar refractivity (Wildman–Crippen MR) is 107 cm³/mol. The Morgan fingerprint density at radius 1 is 1.17 bits per heavy atom. The summed E-state index contributed by atoms with van der Waals surface area (Å²) in [4.78, 5) is 38.4. The third-order valence-electron chi connectivity index (χ3n) is 4.07. The van der Waals surface area contributed by atoms with Crippen LogP contribution >= 0.6 is 0 Å². The van der Waals surface area contributed by atoms with Gasteiger partial charge in [0.2, 0.25) is 15.9 Å². The highest BCUT2D eigenvalue weighted by atomic mass is 32.2. The second-order valence-electron chi connectivity index (χ2n) is 6.49. The predicted octanol–water partition coefficient (Wildman–Crippen LogP) is 1.59. The van der Waals surface area contributed by atoms with Crippen LogP contribution in [-0.2, 0) is 24.3 Å². The number of nitrogens with zero attached hydrogens (tertiary/aromatic N) is 1. The molecule has 10 heteroatoms. The van der Waals surface area contributed by atoms with Crippen LogP contribution in [-0.4, -0.2) is 45.1 Å². The molecule has 2 amide bonds. The molecule has 3 rings (SSSR count). The standard InChI is InChI=1S/C19H19N3O6S/c1-12(18(24)22-11-17(23)20-15-8-3-4-9-16(15)22)28-19(25)13-6-5-7-14(10-13)21-29(2,26)27/h3-10,12,21H,11H2,1-2H3,(H,20,23). The van der Waals surface area contributed by atoms with Crippen LogP contribution < -0.4 is 14.9 Å². The van der Waals surface area contributed by atoms with E-state index in [9.17, 15) is 22.8 Å². The highest BCUT2D eigenvalue weighted by molar-refractivity contribution is 7.92. The largest absolute Gasteiger partial charge is 0.449 e. The van der Waals surface area contributed by atoms with Gasteiger partial charge < -0.3 is 10.1 Å². The second-order valence-corrected chi connectivity index (χ2v) is 8.24. The first-order valence-electron chi connectivity index (χ1n) is 8.63. The lowest BCUT2D eigenvalue weighted by Crippen LogP contribution is -2.47. The Balaban J connectivity index is 1.74. The molecule has 1 heterocycles. The van der Waals surface area contributed by atoms with E-state index in [1.165, 1.54) is 36.1 Å². The number of carbonyl (C=O) groups excluding carboxylic acids is 3. The molecule has 0 radical (unpaired) electrons. The fourth-order valence-corrected chi connectivity index (χ4v) is 3.41. The van der Waals surface area contributed by atoms with Crippen LogP contribution in [0.25, 0.3) is 0 Å². The molecule has 0 bridgehead atoms. The maximum absolute atomic E-state index is 12.8. The number of esters is 1. The number of rotatable bonds is 5. The molecule has 152 valence electrons. The van der Waals surface area contributed by atoms with Crippen LogP contribution in [0.15, 0.2) is 48.5 Å². The Morgan fingerprint density at radius 2 is 1.90 bits per heavy atom. The van der Waals surface area contributed by atoms with Gasteiger partial charge in [0, 0.05) is 5.69 Å². The van der Waals surface area contributed by atoms with Crippen molar-refractivity contribution in [2.45, 2.75) is 13.0 Å². The average molecular weight is 417 g/mol. The molecule has 1 atom stereocenters. The smallest absolute Gasteiger partial charge is 0.338 e. The normalized spacial score (nSPS) is 14.4. The summed E-state index contributed by atoms with van der Waals surface area (Å²) in [6, 6.07) is 12.5. The summed E-state index contributed by atoms with van der Waals surface area (Å²) in [5.41, 5.74) is 1.28. The number of sulfonamides is 1. The van der Waals surface area contributed by atoms with E-state index < -0.39 is 28.0 Å². The van der Waals surface area contributed by atoms with Crippen LogP contribution in [0.5, 0.6) is 0 Å². The quantitative estimate of drug-likeness (QED) is 0.713. The van der Waals surface area contributed by atoms with Crippen molar-refractivity contribution < 1.29 is 27.5 Å². The van der Waals surface area contributed by atoms with Crippen LogP contribution in [0.4, 0.5) is 17.1 Å². The molecule has 0 aromatic heterocycles. The number of hydrogen-bond acceptors (Lipinski definition) is 6. The number of benzene rings is 2. The van der Waals surface area contributed by atoms with Gasteiger partial charge in [-0.25, -0.2) is 13.2 Å². The summed E-state index contributed by atoms with van der Waals surface area (Å²) in [6.07, 6.45) is -0.168. The minimum Gasteiger partial charge on any atom is -0.449 e. The van der Waals surface area contributed by atoms with Crippen molar-refractivity contribution in [2.75, 3.05) is 27.7 Å². The lowest BCUT2D eigenvalue weighted by molar-refractivity contribution is -0.128. The van der Waals surface area contributed by atoms with Gasteiger partial charge in [0.15, 0.2) is 6.10 Å². The third-order valence-corrected chi connectivity index (χ3v) is 4.68. The van der Waals surface area contributed by atoms with Gasteiger partial charge >= 0.3 is 5.97 Å². The zero-order valence-corrected chi connectivity index (χ0v) is 16.5. The van der Waals surface area contributed by atoms with Gasteiger partial charge in [-0.1, -0.05) is 18.2 Å². The number of hydrogen-bond donors (Lipinski definition) is 2. The van der Waals surface area contributed by atoms with Crippen molar-refractivity contribution in [3.8, 4) is 0 Å². The van der Waals surface area contributed by atoms with E-state index in [0.717, 1.165) is 6.26 Å². The van der Waals surface area contributed by atoms with Crippen LogP contribution in [0.3, 0.4) is 0 Å². The summed E-state index contributed by atoms with van der Waals surface area (Å²) in [7, 11) is -3.51. The molecule has 0 aliphatic carbocycles. The van der Waals surface area contributed by atoms with E-state index in [1.807, 2.05) is 0 Å². The average Bonchev–Trinajstić information content (AvgIpc) is 2.65. The van der Waals surface area contributed by atoms with Crippen LogP contribution in [0, 0.1) is 0 Å². The van der Waals surface area contributed by atoms with Gasteiger partial charge in [0.1, 0.15) is 6.54 Å². The molecule has 2 aromatic rings. The minimum atomic E-state index is -3.51. The maximum Gasteiger partial charge on any atom is 0.338 e. The Kier molecular flexibility index (Phi) is 5.55. The van der Waals surface area contributed by atoms with Crippen molar-refractivity contribution in [3.05, 3.63) is 54.1 Å². The molecular formula is C19H19N3O6S. The van der Waals surface area contributed by atoms with Gasteiger partial charge in [-0.2, -0.15) is 0 Å². The molecule has 0 fully saturated rings. The Hall–Kier alpha value is -3.40. The molecule has 0 saturated carbocycles. The van der Waals surface area contributed by atoms with Crippen LogP contribution in [0.2, 0.25) is 0 Å². The molecule has 0 spiro atoms. The van der Waals surface area contributed by atoms with E-state index >= 15 is 0 Å². The van der Waals surface area contributed by atoms with Gasteiger partial charge in [0.25, 0.3) is 5.91 Å². The Morgan fingerprint density at radius 3 is 2.62 bits per heavy atom. The van der Waals surface area contributed by atoms with Crippen molar-refractivity contribution in [1.29, 1.82) is 0 Å². The molecular weight excluding hydrogens is 398 g/mol. The first-order valence-corrected chi connectivity index (χ1v) is 10.5. The summed E-state index contributed by atoms with van der Waals surface area (Å²) < 4.78 is 30.2. The van der Waals surface area contributed by atoms with Crippen molar-refractivity contribution >= 4 is 44.9 Å². The second kappa shape index (κ2) is 7.92. The van der Waals surface area contributed by atoms with Gasteiger partial charge in [-0.15, -0.1) is 0 Å². The van der Waals surface area contributed by atoms with Gasteiger partial charge in [0.05, 0.1) is 23.2 Å². The molecule has 1 unspecified atom stereocenters. The Labute approximate surface area is 167 Å². The van der Waals surface area contributed by atoms with Gasteiger partial charge in [-0.3, -0.25) is 19.2 Å². The van der Waals surface area contributed by atoms with Crippen LogP contribution in [0.1, 0.15) is 17.3 Å². The fourth-order valence-electron chi connectivity index (χ4n) is 2.85. The van der Waals surface area contributed by atoms with E-state index in [2.05, 4.69) is 10.0 Å². The third kappa shape index (κ3) is 4.91. The topological polar surface area (TPSA) is 122 Å². The number of anilines is 3. The summed E-state index contributed by atoms with van der Waals surface area (Å²) >= 11 is 0. The first-order chi connectivity index (χ1) is 13.6. The first kappa shape index (κ1) is 20.3. The lowest BCUT2D eigenvalue weighted by atomic mass is 10.1. The number of carbonyl (C=O) groups is 3. The summed E-state index contributed by atoms with van der Waals surface area (Å²) in [5.74, 6) is -1.70. The zero-order chi connectivity index (χ0) is 21.2. The van der Waals surface area contributed by atoms with Gasteiger partial charge in [-0.05, 0) is 37.3 Å². The molecule has 2 aromatic carbocycles. The number of nitrogens with one attached hydrogen (secondary N) is 2. The van der Waals surface area contributed by atoms with Crippen molar-refractivity contribution in [2.24, 2.45) is 0 Å². The molecule has 1 aliphatic heterocycles. The minimum absolute atomic E-state index is 0.0788. The summed E-state index contributed by atoms with van der Waals surface area (Å²) in [6.45, 7) is 1.22. The number of para-hydroxylation sites is 2.